The minimum absolute atomic E-state index is 0.00937. The summed E-state index contributed by atoms with van der Waals surface area (Å²) in [7, 11) is -4.03. The van der Waals surface area contributed by atoms with E-state index in [2.05, 4.69) is 10.6 Å². The van der Waals surface area contributed by atoms with Crippen molar-refractivity contribution in [3.05, 3.63) is 96.1 Å². The first-order valence-corrected chi connectivity index (χ1v) is 14.9. The molecule has 2 amide bonds. The van der Waals surface area contributed by atoms with Crippen molar-refractivity contribution in [2.75, 3.05) is 26.2 Å². The van der Waals surface area contributed by atoms with Gasteiger partial charge in [0, 0.05) is 19.6 Å². The Morgan fingerprint density at radius 3 is 2.26 bits per heavy atom. The molecule has 1 heterocycles. The van der Waals surface area contributed by atoms with Crippen molar-refractivity contribution in [1.29, 1.82) is 0 Å². The summed E-state index contributed by atoms with van der Waals surface area (Å²) >= 11 is 0. The Morgan fingerprint density at radius 2 is 1.60 bits per heavy atom. The van der Waals surface area contributed by atoms with Gasteiger partial charge < -0.3 is 24.3 Å². The monoisotopic (exact) mass is 595 g/mol. The van der Waals surface area contributed by atoms with E-state index in [1.807, 2.05) is 30.3 Å². The SMILES string of the molecule is CCOC(=O)N1CCNCC1C(=O)[C@H](Cc1ccc(OS(=O)(=O)c2ccccc2)cc1)NC(=O)OCc1ccccc1. The van der Waals surface area contributed by atoms with Crippen molar-refractivity contribution in [3.63, 3.8) is 0 Å². The normalized spacial score (nSPS) is 15.7. The van der Waals surface area contributed by atoms with Gasteiger partial charge in [0.2, 0.25) is 0 Å². The number of ketones is 1. The van der Waals surface area contributed by atoms with Crippen molar-refractivity contribution in [1.82, 2.24) is 15.5 Å². The lowest BCUT2D eigenvalue weighted by molar-refractivity contribution is -0.126. The Bertz CT molecular complexity index is 1450. The topological polar surface area (TPSA) is 140 Å². The molecule has 0 spiro atoms. The molecule has 2 N–H and O–H groups in total. The average Bonchev–Trinajstić information content (AvgIpc) is 3.01. The molecule has 1 unspecified atom stereocenters. The maximum Gasteiger partial charge on any atom is 0.410 e. The standard InChI is InChI=1S/C30H33N3O8S/c1-2-39-30(36)33-18-17-31-20-27(33)28(34)26(32-29(35)40-21-23-9-5-3-6-10-23)19-22-13-15-24(16-14-22)41-42(37,38)25-11-7-4-8-12-25/h3-16,26-27,31H,2,17-21H2,1H3,(H,32,35)/t26-,27?/m0/s1. The first kappa shape index (κ1) is 30.5. The largest absolute Gasteiger partial charge is 0.450 e. The molecular formula is C30H33N3O8S. The Morgan fingerprint density at radius 1 is 0.929 bits per heavy atom. The third kappa shape index (κ3) is 8.30. The predicted molar refractivity (Wildman–Crippen MR) is 153 cm³/mol. The molecule has 2 atom stereocenters. The molecule has 3 aromatic carbocycles. The van der Waals surface area contributed by atoms with E-state index < -0.39 is 40.2 Å². The number of ether oxygens (including phenoxy) is 2. The minimum Gasteiger partial charge on any atom is -0.450 e. The fraction of sp³-hybridized carbons (Fsp3) is 0.300. The molecule has 0 saturated carbocycles. The van der Waals surface area contributed by atoms with Crippen LogP contribution in [-0.2, 0) is 37.4 Å². The smallest absolute Gasteiger partial charge is 0.410 e. The number of nitrogens with zero attached hydrogens (tertiary/aromatic N) is 1. The molecule has 11 nitrogen and oxygen atoms in total. The number of alkyl carbamates (subject to hydrolysis) is 1. The molecule has 222 valence electrons. The van der Waals surface area contributed by atoms with Gasteiger partial charge in [-0.3, -0.25) is 9.69 Å². The van der Waals surface area contributed by atoms with Crippen LogP contribution >= 0.6 is 0 Å². The Balaban J connectivity index is 1.50. The molecule has 4 rings (SSSR count). The molecule has 12 heteroatoms. The maximum absolute atomic E-state index is 13.8. The molecule has 3 aromatic rings. The van der Waals surface area contributed by atoms with Crippen molar-refractivity contribution in [2.24, 2.45) is 0 Å². The second-order valence-corrected chi connectivity index (χ2v) is 11.0. The van der Waals surface area contributed by atoms with Crippen LogP contribution < -0.4 is 14.8 Å². The maximum atomic E-state index is 13.8. The summed E-state index contributed by atoms with van der Waals surface area (Å²) in [5, 5.41) is 5.77. The molecule has 42 heavy (non-hydrogen) atoms. The number of nitrogens with one attached hydrogen (secondary N) is 2. The molecule has 0 radical (unpaired) electrons. The number of amides is 2. The van der Waals surface area contributed by atoms with E-state index in [9.17, 15) is 22.8 Å². The van der Waals surface area contributed by atoms with E-state index in [1.54, 1.807) is 37.3 Å². The highest BCUT2D eigenvalue weighted by atomic mass is 32.2. The van der Waals surface area contributed by atoms with Gasteiger partial charge in [-0.05, 0) is 48.7 Å². The van der Waals surface area contributed by atoms with Crippen molar-refractivity contribution in [2.45, 2.75) is 36.9 Å². The zero-order valence-corrected chi connectivity index (χ0v) is 23.9. The fourth-order valence-corrected chi connectivity index (χ4v) is 5.38. The number of carbonyl (C=O) groups is 3. The highest BCUT2D eigenvalue weighted by molar-refractivity contribution is 7.87. The van der Waals surface area contributed by atoms with Crippen LogP contribution in [0.5, 0.6) is 5.75 Å². The van der Waals surface area contributed by atoms with Gasteiger partial charge in [-0.1, -0.05) is 60.7 Å². The summed E-state index contributed by atoms with van der Waals surface area (Å²) in [5.74, 6) is -0.315. The Labute approximate surface area is 244 Å². The Hall–Kier alpha value is -4.42. The number of hydrogen-bond donors (Lipinski definition) is 2. The predicted octanol–water partition coefficient (Wildman–Crippen LogP) is 3.29. The highest BCUT2D eigenvalue weighted by Gasteiger charge is 2.37. The van der Waals surface area contributed by atoms with Crippen LogP contribution in [0.4, 0.5) is 9.59 Å². The van der Waals surface area contributed by atoms with E-state index in [-0.39, 0.29) is 43.4 Å². The van der Waals surface area contributed by atoms with Crippen LogP contribution in [0.3, 0.4) is 0 Å². The van der Waals surface area contributed by atoms with Crippen LogP contribution in [0, 0.1) is 0 Å². The number of carbonyl (C=O) groups excluding carboxylic acids is 3. The number of piperazine rings is 1. The highest BCUT2D eigenvalue weighted by Crippen LogP contribution is 2.20. The lowest BCUT2D eigenvalue weighted by Crippen LogP contribution is -2.61. The zero-order chi connectivity index (χ0) is 30.0. The summed E-state index contributed by atoms with van der Waals surface area (Å²) in [5.41, 5.74) is 1.40. The van der Waals surface area contributed by atoms with Crippen LogP contribution in [0.1, 0.15) is 18.1 Å². The van der Waals surface area contributed by atoms with Crippen molar-refractivity contribution in [3.8, 4) is 5.75 Å². The van der Waals surface area contributed by atoms with Crippen molar-refractivity contribution >= 4 is 28.1 Å². The number of benzene rings is 3. The van der Waals surface area contributed by atoms with E-state index in [0.29, 0.717) is 12.1 Å². The van der Waals surface area contributed by atoms with Gasteiger partial charge in [-0.15, -0.1) is 0 Å². The van der Waals surface area contributed by atoms with Gasteiger partial charge >= 0.3 is 22.3 Å². The molecule has 1 aliphatic rings. The van der Waals surface area contributed by atoms with E-state index in [4.69, 9.17) is 13.7 Å². The van der Waals surface area contributed by atoms with Crippen LogP contribution in [0.25, 0.3) is 0 Å². The number of rotatable bonds is 11. The van der Waals surface area contributed by atoms with Gasteiger partial charge in [0.25, 0.3) is 0 Å². The Kier molecular flexibility index (Phi) is 10.5. The van der Waals surface area contributed by atoms with Gasteiger partial charge in [-0.25, -0.2) is 9.59 Å². The van der Waals surface area contributed by atoms with E-state index >= 15 is 0 Å². The van der Waals surface area contributed by atoms with Crippen LogP contribution in [0.15, 0.2) is 89.8 Å². The summed E-state index contributed by atoms with van der Waals surface area (Å²) in [6.07, 6.45) is -1.35. The summed E-state index contributed by atoms with van der Waals surface area (Å²) in [4.78, 5) is 40.5. The molecule has 1 saturated heterocycles. The molecule has 0 aliphatic carbocycles. The average molecular weight is 596 g/mol. The van der Waals surface area contributed by atoms with Gasteiger partial charge in [0.05, 0.1) is 12.6 Å². The quantitative estimate of drug-likeness (QED) is 0.320. The fourth-order valence-electron chi connectivity index (χ4n) is 4.42. The van der Waals surface area contributed by atoms with E-state index in [1.165, 1.54) is 29.2 Å². The van der Waals surface area contributed by atoms with Gasteiger partial charge in [0.1, 0.15) is 23.3 Å². The molecule has 1 aliphatic heterocycles. The second-order valence-electron chi connectivity index (χ2n) is 9.47. The molecule has 0 bridgehead atoms. The van der Waals surface area contributed by atoms with Crippen molar-refractivity contribution < 1.29 is 36.5 Å². The molecular weight excluding hydrogens is 562 g/mol. The second kappa shape index (κ2) is 14.5. The summed E-state index contributed by atoms with van der Waals surface area (Å²) in [6.45, 7) is 2.80. The third-order valence-corrected chi connectivity index (χ3v) is 7.78. The van der Waals surface area contributed by atoms with Gasteiger partial charge in [0.15, 0.2) is 5.78 Å². The van der Waals surface area contributed by atoms with Crippen LogP contribution in [-0.4, -0.2) is 69.6 Å². The van der Waals surface area contributed by atoms with E-state index in [0.717, 1.165) is 5.56 Å². The number of Topliss-reactive ketones (excluding diaryl/α,β-unsaturated/α-hetero) is 1. The third-order valence-electron chi connectivity index (χ3n) is 6.52. The molecule has 1 fully saturated rings. The van der Waals surface area contributed by atoms with Gasteiger partial charge in [-0.2, -0.15) is 8.42 Å². The zero-order valence-electron chi connectivity index (χ0n) is 23.1. The summed E-state index contributed by atoms with van der Waals surface area (Å²) in [6, 6.07) is 21.1. The lowest BCUT2D eigenvalue weighted by atomic mass is 9.96. The van der Waals surface area contributed by atoms with Crippen LogP contribution in [0.2, 0.25) is 0 Å². The summed E-state index contributed by atoms with van der Waals surface area (Å²) < 4.78 is 40.9. The molecule has 0 aromatic heterocycles. The lowest BCUT2D eigenvalue weighted by Gasteiger charge is -2.36. The number of hydrogen-bond acceptors (Lipinski definition) is 9. The first-order valence-electron chi connectivity index (χ1n) is 13.5. The first-order chi connectivity index (χ1) is 20.3. The minimum atomic E-state index is -4.03.